The maximum absolute atomic E-state index is 10.2. The lowest BCUT2D eigenvalue weighted by atomic mass is 10.2. The highest BCUT2D eigenvalue weighted by Gasteiger charge is 2.13. The molecule has 1 heterocycles. The van der Waals surface area contributed by atoms with Crippen LogP contribution in [-0.2, 0) is 6.54 Å². The minimum atomic E-state index is -0.557. The van der Waals surface area contributed by atoms with Crippen molar-refractivity contribution in [1.29, 1.82) is 0 Å². The zero-order valence-electron chi connectivity index (χ0n) is 17.9. The number of nitrogens with zero attached hydrogens (tertiary/aromatic N) is 3. The maximum atomic E-state index is 10.2. The molecule has 8 nitrogen and oxygen atoms in total. The van der Waals surface area contributed by atoms with E-state index in [1.807, 2.05) is 32.2 Å². The van der Waals surface area contributed by atoms with Crippen LogP contribution in [-0.4, -0.2) is 76.9 Å². The molecule has 162 valence electrons. The highest BCUT2D eigenvalue weighted by molar-refractivity contribution is 7.99. The molecule has 0 saturated carbocycles. The fourth-order valence-corrected chi connectivity index (χ4v) is 3.30. The van der Waals surface area contributed by atoms with Crippen molar-refractivity contribution in [3.8, 4) is 11.5 Å². The Morgan fingerprint density at radius 1 is 1.31 bits per heavy atom. The van der Waals surface area contributed by atoms with Crippen molar-refractivity contribution in [2.24, 2.45) is 0 Å². The van der Waals surface area contributed by atoms with Gasteiger partial charge >= 0.3 is 0 Å². The topological polar surface area (TPSA) is 95.5 Å². The van der Waals surface area contributed by atoms with E-state index < -0.39 is 6.10 Å². The van der Waals surface area contributed by atoms with Gasteiger partial charge in [-0.25, -0.2) is 4.98 Å². The Balaban J connectivity index is 1.75. The molecule has 0 aliphatic rings. The number of aryl methyl sites for hydroxylation is 1. The van der Waals surface area contributed by atoms with E-state index in [0.717, 1.165) is 35.4 Å². The van der Waals surface area contributed by atoms with Gasteiger partial charge in [-0.15, -0.1) is 5.10 Å². The number of benzene rings is 1. The molecule has 1 aromatic heterocycles. The van der Waals surface area contributed by atoms with E-state index in [-0.39, 0.29) is 6.61 Å². The normalized spacial score (nSPS) is 12.6. The van der Waals surface area contributed by atoms with Gasteiger partial charge in [-0.05, 0) is 45.5 Å². The van der Waals surface area contributed by atoms with Gasteiger partial charge in [-0.3, -0.25) is 5.10 Å². The zero-order valence-corrected chi connectivity index (χ0v) is 18.8. The predicted molar refractivity (Wildman–Crippen MR) is 116 cm³/mol. The second-order valence-corrected chi connectivity index (χ2v) is 8.27. The number of likely N-dealkylation sites (N-methyl/N-ethyl adjacent to an activating group) is 1. The van der Waals surface area contributed by atoms with E-state index in [9.17, 15) is 5.11 Å². The number of nitrogens with one attached hydrogen (secondary N) is 2. The molecule has 1 unspecified atom stereocenters. The van der Waals surface area contributed by atoms with Crippen molar-refractivity contribution in [2.75, 3.05) is 39.6 Å². The third kappa shape index (κ3) is 8.22. The van der Waals surface area contributed by atoms with Crippen molar-refractivity contribution < 1.29 is 14.6 Å². The molecule has 2 aromatic rings. The number of aromatic nitrogens is 3. The number of thioether (sulfide) groups is 1. The number of aliphatic hydroxyl groups excluding tert-OH is 1. The van der Waals surface area contributed by atoms with Crippen LogP contribution in [0, 0.1) is 6.92 Å². The quantitative estimate of drug-likeness (QED) is 0.333. The maximum Gasteiger partial charge on any atom is 0.208 e. The average molecular weight is 424 g/mol. The van der Waals surface area contributed by atoms with Crippen molar-refractivity contribution >= 4 is 11.8 Å². The molecular formula is C20H33N5O3S. The van der Waals surface area contributed by atoms with Crippen molar-refractivity contribution in [3.63, 3.8) is 0 Å². The molecule has 3 N–H and O–H groups in total. The Kier molecular flexibility index (Phi) is 9.72. The van der Waals surface area contributed by atoms with Crippen LogP contribution in [0.25, 0.3) is 0 Å². The minimum absolute atomic E-state index is 0.225. The van der Waals surface area contributed by atoms with Gasteiger partial charge in [-0.1, -0.05) is 17.8 Å². The van der Waals surface area contributed by atoms with Crippen LogP contribution in [0.15, 0.2) is 23.4 Å². The minimum Gasteiger partial charge on any atom is -0.493 e. The summed E-state index contributed by atoms with van der Waals surface area (Å²) in [6.45, 7) is 8.44. The Morgan fingerprint density at radius 2 is 2.10 bits per heavy atom. The largest absolute Gasteiger partial charge is 0.493 e. The fourth-order valence-electron chi connectivity index (χ4n) is 2.56. The smallest absolute Gasteiger partial charge is 0.208 e. The van der Waals surface area contributed by atoms with Crippen LogP contribution in [0.5, 0.6) is 11.5 Å². The van der Waals surface area contributed by atoms with Gasteiger partial charge < -0.3 is 24.8 Å². The molecule has 0 bridgehead atoms. The van der Waals surface area contributed by atoms with E-state index >= 15 is 0 Å². The summed E-state index contributed by atoms with van der Waals surface area (Å²) in [5.74, 6) is 3.02. The van der Waals surface area contributed by atoms with Gasteiger partial charge in [-0.2, -0.15) is 0 Å². The number of H-pyrrole nitrogens is 1. The molecule has 0 spiro atoms. The number of methoxy groups -OCH3 is 1. The van der Waals surface area contributed by atoms with E-state index in [4.69, 9.17) is 9.47 Å². The summed E-state index contributed by atoms with van der Waals surface area (Å²) in [5.41, 5.74) is 1.10. The number of aromatic amines is 1. The summed E-state index contributed by atoms with van der Waals surface area (Å²) >= 11 is 1.61. The number of hydrogen-bond donors (Lipinski definition) is 3. The Bertz CT molecular complexity index is 741. The second kappa shape index (κ2) is 12.0. The van der Waals surface area contributed by atoms with E-state index in [0.29, 0.717) is 24.1 Å². The first-order valence-electron chi connectivity index (χ1n) is 9.79. The standard InChI is InChI=1S/C20H33N5O3S/c1-14(2)25(4)12-17(26)13-28-18-7-6-16(10-19(18)27-5)11-21-8-9-29-20-22-15(3)23-24-20/h6-7,10,14,17,21,26H,8-9,11-13H2,1-5H3,(H,22,23,24). The lowest BCUT2D eigenvalue weighted by molar-refractivity contribution is 0.0668. The zero-order chi connectivity index (χ0) is 21.2. The second-order valence-electron chi connectivity index (χ2n) is 7.21. The first-order chi connectivity index (χ1) is 13.9. The van der Waals surface area contributed by atoms with Gasteiger partial charge in [0.15, 0.2) is 11.5 Å². The van der Waals surface area contributed by atoms with Crippen molar-refractivity contribution in [2.45, 2.75) is 44.6 Å². The van der Waals surface area contributed by atoms with Gasteiger partial charge in [0.2, 0.25) is 5.16 Å². The monoisotopic (exact) mass is 423 g/mol. The van der Waals surface area contributed by atoms with Gasteiger partial charge in [0.05, 0.1) is 7.11 Å². The molecule has 0 aliphatic heterocycles. The molecule has 0 amide bonds. The summed E-state index contributed by atoms with van der Waals surface area (Å²) in [5, 5.41) is 21.3. The van der Waals surface area contributed by atoms with Crippen LogP contribution >= 0.6 is 11.8 Å². The molecule has 9 heteroatoms. The third-order valence-corrected chi connectivity index (χ3v) is 5.30. The van der Waals surface area contributed by atoms with Crippen LogP contribution < -0.4 is 14.8 Å². The summed E-state index contributed by atoms with van der Waals surface area (Å²) in [7, 11) is 3.61. The highest BCUT2D eigenvalue weighted by Crippen LogP contribution is 2.28. The predicted octanol–water partition coefficient (Wildman–Crippen LogP) is 2.08. The number of aliphatic hydroxyl groups is 1. The van der Waals surface area contributed by atoms with Crippen LogP contribution in [0.1, 0.15) is 25.2 Å². The third-order valence-electron chi connectivity index (χ3n) is 4.46. The Labute approximate surface area is 177 Å². The van der Waals surface area contributed by atoms with Gasteiger partial charge in [0.1, 0.15) is 18.5 Å². The molecule has 0 fully saturated rings. The van der Waals surface area contributed by atoms with E-state index in [1.165, 1.54) is 0 Å². The number of hydrogen-bond acceptors (Lipinski definition) is 8. The number of rotatable bonds is 13. The molecule has 1 atom stereocenters. The highest BCUT2D eigenvalue weighted by atomic mass is 32.2. The van der Waals surface area contributed by atoms with Crippen molar-refractivity contribution in [1.82, 2.24) is 25.4 Å². The molecule has 0 aliphatic carbocycles. The molecule has 0 radical (unpaired) electrons. The van der Waals surface area contributed by atoms with E-state index in [1.54, 1.807) is 18.9 Å². The summed E-state index contributed by atoms with van der Waals surface area (Å²) in [4.78, 5) is 6.36. The van der Waals surface area contributed by atoms with Gasteiger partial charge in [0, 0.05) is 31.4 Å². The fraction of sp³-hybridized carbons (Fsp3) is 0.600. The first kappa shape index (κ1) is 23.5. The first-order valence-corrected chi connectivity index (χ1v) is 10.8. The summed E-state index contributed by atoms with van der Waals surface area (Å²) < 4.78 is 11.2. The molecule has 2 rings (SSSR count). The van der Waals surface area contributed by atoms with Crippen molar-refractivity contribution in [3.05, 3.63) is 29.6 Å². The molecule has 29 heavy (non-hydrogen) atoms. The summed E-state index contributed by atoms with van der Waals surface area (Å²) in [6.07, 6.45) is -0.557. The van der Waals surface area contributed by atoms with Crippen LogP contribution in [0.3, 0.4) is 0 Å². The van der Waals surface area contributed by atoms with Crippen LogP contribution in [0.4, 0.5) is 0 Å². The Hall–Kier alpha value is -1.81. The molecule has 0 saturated heterocycles. The summed E-state index contributed by atoms with van der Waals surface area (Å²) in [6, 6.07) is 6.23. The van der Waals surface area contributed by atoms with Gasteiger partial charge in [0.25, 0.3) is 0 Å². The Morgan fingerprint density at radius 3 is 2.76 bits per heavy atom. The van der Waals surface area contributed by atoms with E-state index in [2.05, 4.69) is 39.2 Å². The van der Waals surface area contributed by atoms with Crippen LogP contribution in [0.2, 0.25) is 0 Å². The SMILES string of the molecule is COc1cc(CNCCSc2n[nH]c(C)n2)ccc1OCC(O)CN(C)C(C)C. The average Bonchev–Trinajstić information content (AvgIpc) is 3.11. The lowest BCUT2D eigenvalue weighted by Crippen LogP contribution is -2.36. The lowest BCUT2D eigenvalue weighted by Gasteiger charge is -2.24. The molecule has 1 aromatic carbocycles. The molecular weight excluding hydrogens is 390 g/mol. The number of ether oxygens (including phenoxy) is 2.